The van der Waals surface area contributed by atoms with Crippen molar-refractivity contribution in [2.45, 2.75) is 19.4 Å². The minimum atomic E-state index is -3.91. The number of carbonyl (C=O) groups excluding carboxylic acids is 1. The molecule has 4 N–H and O–H groups in total. The molecule has 4 heterocycles. The summed E-state index contributed by atoms with van der Waals surface area (Å²) in [6.07, 6.45) is 9.89. The standard InChI is InChI=1S/C23H23N9O4S/c1-23(2,12-36-17-5-3-4-16-20(17)21(24)30-37(34,35)29-16)28-22(33)15-10-18(31-8-6-25-13-31)27-19(11-15)32-9-7-26-14-32/h3-11,13-14,29H,12H2,1-2H3,(H2,24,30)(H,28,33). The van der Waals surface area contributed by atoms with Crippen LogP contribution < -0.4 is 20.5 Å². The van der Waals surface area contributed by atoms with Gasteiger partial charge in [-0.05, 0) is 38.1 Å². The number of amides is 1. The van der Waals surface area contributed by atoms with E-state index < -0.39 is 15.7 Å². The van der Waals surface area contributed by atoms with Crippen LogP contribution >= 0.6 is 0 Å². The lowest BCUT2D eigenvalue weighted by atomic mass is 10.1. The van der Waals surface area contributed by atoms with Crippen LogP contribution in [0.25, 0.3) is 11.6 Å². The molecule has 1 aromatic carbocycles. The molecule has 4 aromatic rings. The molecule has 1 aliphatic rings. The second-order valence-electron chi connectivity index (χ2n) is 8.87. The van der Waals surface area contributed by atoms with Gasteiger partial charge in [0.15, 0.2) is 5.84 Å². The number of ether oxygens (including phenoxy) is 1. The SMILES string of the molecule is CC(C)(COc1cccc2c1C(N)=NS(=O)(=O)N2)NC(=O)c1cc(-n2ccnc2)nc(-n2ccnc2)c1. The van der Waals surface area contributed by atoms with Crippen molar-refractivity contribution < 1.29 is 17.9 Å². The Morgan fingerprint density at radius 1 is 1.11 bits per heavy atom. The first-order valence-corrected chi connectivity index (χ1v) is 12.5. The molecule has 0 bridgehead atoms. The van der Waals surface area contributed by atoms with E-state index in [2.05, 4.69) is 29.4 Å². The average Bonchev–Trinajstić information content (AvgIpc) is 3.56. The maximum absolute atomic E-state index is 13.3. The van der Waals surface area contributed by atoms with Crippen LogP contribution in [-0.2, 0) is 10.2 Å². The van der Waals surface area contributed by atoms with E-state index in [4.69, 9.17) is 10.5 Å². The number of amidine groups is 1. The van der Waals surface area contributed by atoms with E-state index >= 15 is 0 Å². The van der Waals surface area contributed by atoms with Gasteiger partial charge in [0.1, 0.15) is 36.6 Å². The molecule has 0 spiro atoms. The minimum Gasteiger partial charge on any atom is -0.490 e. The van der Waals surface area contributed by atoms with Gasteiger partial charge in [0.2, 0.25) is 0 Å². The molecule has 14 heteroatoms. The second-order valence-corrected chi connectivity index (χ2v) is 10.2. The van der Waals surface area contributed by atoms with E-state index in [1.807, 2.05) is 0 Å². The van der Waals surface area contributed by atoms with Gasteiger partial charge in [-0.15, -0.1) is 4.40 Å². The van der Waals surface area contributed by atoms with Crippen molar-refractivity contribution in [3.8, 4) is 17.4 Å². The molecule has 0 fully saturated rings. The van der Waals surface area contributed by atoms with E-state index in [9.17, 15) is 13.2 Å². The molecule has 0 saturated carbocycles. The Kier molecular flexibility index (Phi) is 5.87. The van der Waals surface area contributed by atoms with Crippen molar-refractivity contribution >= 4 is 27.6 Å². The third-order valence-corrected chi connectivity index (χ3v) is 6.29. The maximum atomic E-state index is 13.3. The van der Waals surface area contributed by atoms with E-state index in [-0.39, 0.29) is 24.0 Å². The molecule has 1 amide bonds. The number of nitrogens with one attached hydrogen (secondary N) is 2. The van der Waals surface area contributed by atoms with Gasteiger partial charge in [0.25, 0.3) is 5.91 Å². The fourth-order valence-corrected chi connectivity index (χ4v) is 4.54. The number of aromatic nitrogens is 5. The topological polar surface area (TPSA) is 171 Å². The lowest BCUT2D eigenvalue weighted by molar-refractivity contribution is 0.0880. The first kappa shape index (κ1) is 24.0. The summed E-state index contributed by atoms with van der Waals surface area (Å²) in [4.78, 5) is 26.0. The molecule has 0 radical (unpaired) electrons. The monoisotopic (exact) mass is 521 g/mol. The van der Waals surface area contributed by atoms with Gasteiger partial charge in [-0.2, -0.15) is 8.42 Å². The zero-order valence-electron chi connectivity index (χ0n) is 19.9. The Bertz CT molecular complexity index is 1540. The van der Waals surface area contributed by atoms with E-state index in [0.29, 0.717) is 28.5 Å². The highest BCUT2D eigenvalue weighted by atomic mass is 32.2. The van der Waals surface area contributed by atoms with Crippen LogP contribution in [0.2, 0.25) is 0 Å². The number of imidazole rings is 2. The van der Waals surface area contributed by atoms with E-state index in [1.54, 1.807) is 90.8 Å². The van der Waals surface area contributed by atoms with Crippen LogP contribution in [0.15, 0.2) is 72.2 Å². The van der Waals surface area contributed by atoms with Crippen LogP contribution in [0.1, 0.15) is 29.8 Å². The number of nitrogens with zero attached hydrogens (tertiary/aromatic N) is 6. The fourth-order valence-electron chi connectivity index (χ4n) is 3.70. The van der Waals surface area contributed by atoms with Gasteiger partial charge < -0.3 is 15.8 Å². The summed E-state index contributed by atoms with van der Waals surface area (Å²) in [6.45, 7) is 3.66. The highest BCUT2D eigenvalue weighted by molar-refractivity contribution is 7.91. The number of hydrogen-bond acceptors (Lipinski definition) is 8. The van der Waals surface area contributed by atoms with Crippen molar-refractivity contribution in [2.24, 2.45) is 10.1 Å². The number of hydrogen-bond donors (Lipinski definition) is 3. The Hall–Kier alpha value is -4.72. The predicted molar refractivity (Wildman–Crippen MR) is 135 cm³/mol. The molecule has 37 heavy (non-hydrogen) atoms. The summed E-state index contributed by atoms with van der Waals surface area (Å²) < 4.78 is 38.8. The number of carbonyl (C=O) groups is 1. The van der Waals surface area contributed by atoms with Crippen LogP contribution in [-0.4, -0.2) is 56.4 Å². The van der Waals surface area contributed by atoms with Gasteiger partial charge in [-0.25, -0.2) is 15.0 Å². The summed E-state index contributed by atoms with van der Waals surface area (Å²) in [5.74, 6) is 0.828. The van der Waals surface area contributed by atoms with Gasteiger partial charge in [0, 0.05) is 30.4 Å². The van der Waals surface area contributed by atoms with Gasteiger partial charge in [-0.1, -0.05) is 6.07 Å². The summed E-state index contributed by atoms with van der Waals surface area (Å²) in [6, 6.07) is 8.16. The molecule has 5 rings (SSSR count). The Balaban J connectivity index is 1.37. The second kappa shape index (κ2) is 9.05. The van der Waals surface area contributed by atoms with Crippen molar-refractivity contribution in [2.75, 3.05) is 11.3 Å². The number of pyridine rings is 1. The molecule has 1 aliphatic heterocycles. The minimum absolute atomic E-state index is 0.0586. The van der Waals surface area contributed by atoms with Crippen LogP contribution in [0.5, 0.6) is 5.75 Å². The highest BCUT2D eigenvalue weighted by Crippen LogP contribution is 2.31. The van der Waals surface area contributed by atoms with Crippen molar-refractivity contribution in [1.29, 1.82) is 0 Å². The lowest BCUT2D eigenvalue weighted by Crippen LogP contribution is -2.48. The number of benzene rings is 1. The first-order chi connectivity index (χ1) is 17.6. The molecule has 0 unspecified atom stereocenters. The molecule has 0 aliphatic carbocycles. The molecule has 0 saturated heterocycles. The molecule has 3 aromatic heterocycles. The van der Waals surface area contributed by atoms with E-state index in [0.717, 1.165) is 0 Å². The first-order valence-electron chi connectivity index (χ1n) is 11.1. The molecule has 13 nitrogen and oxygen atoms in total. The summed E-state index contributed by atoms with van der Waals surface area (Å²) in [7, 11) is -3.91. The average molecular weight is 522 g/mol. The van der Waals surface area contributed by atoms with Crippen molar-refractivity contribution in [3.05, 3.63) is 78.9 Å². The Labute approximate surface area is 212 Å². The number of nitrogens with two attached hydrogens (primary N) is 1. The van der Waals surface area contributed by atoms with Crippen LogP contribution in [0.4, 0.5) is 5.69 Å². The third-order valence-electron chi connectivity index (χ3n) is 5.38. The third kappa shape index (κ3) is 5.13. The molecule has 190 valence electrons. The zero-order chi connectivity index (χ0) is 26.2. The lowest BCUT2D eigenvalue weighted by Gasteiger charge is -2.28. The normalized spacial score (nSPS) is 14.3. The quantitative estimate of drug-likeness (QED) is 0.328. The van der Waals surface area contributed by atoms with Crippen molar-refractivity contribution in [3.63, 3.8) is 0 Å². The molecular formula is C23H23N9O4S. The Morgan fingerprint density at radius 3 is 2.35 bits per heavy atom. The molecule has 0 atom stereocenters. The van der Waals surface area contributed by atoms with Crippen LogP contribution in [0.3, 0.4) is 0 Å². The highest BCUT2D eigenvalue weighted by Gasteiger charge is 2.27. The largest absolute Gasteiger partial charge is 0.490 e. The van der Waals surface area contributed by atoms with E-state index in [1.165, 1.54) is 0 Å². The van der Waals surface area contributed by atoms with Gasteiger partial charge in [0.05, 0.1) is 16.8 Å². The summed E-state index contributed by atoms with van der Waals surface area (Å²) in [5.41, 5.74) is 6.04. The van der Waals surface area contributed by atoms with Gasteiger partial charge in [-0.3, -0.25) is 18.7 Å². The predicted octanol–water partition coefficient (Wildman–Crippen LogP) is 1.42. The number of rotatable bonds is 7. The van der Waals surface area contributed by atoms with Crippen LogP contribution in [0, 0.1) is 0 Å². The van der Waals surface area contributed by atoms with Gasteiger partial charge >= 0.3 is 10.2 Å². The maximum Gasteiger partial charge on any atom is 0.344 e. The fraction of sp³-hybridized carbons (Fsp3) is 0.174. The molecular weight excluding hydrogens is 498 g/mol. The summed E-state index contributed by atoms with van der Waals surface area (Å²) in [5, 5.41) is 2.98. The Morgan fingerprint density at radius 2 is 1.76 bits per heavy atom. The van der Waals surface area contributed by atoms with Crippen molar-refractivity contribution in [1.82, 2.24) is 29.4 Å². The number of fused-ring (bicyclic) bond motifs is 1. The smallest absolute Gasteiger partial charge is 0.344 e. The number of anilines is 1. The zero-order valence-corrected chi connectivity index (χ0v) is 20.7. The summed E-state index contributed by atoms with van der Waals surface area (Å²) >= 11 is 0.